The second-order valence-corrected chi connectivity index (χ2v) is 9.44. The highest BCUT2D eigenvalue weighted by Gasteiger charge is 2.27. The predicted molar refractivity (Wildman–Crippen MR) is 132 cm³/mol. The van der Waals surface area contributed by atoms with Crippen molar-refractivity contribution in [2.24, 2.45) is 4.99 Å². The van der Waals surface area contributed by atoms with Crippen molar-refractivity contribution in [2.45, 2.75) is 26.1 Å². The number of ether oxygens (including phenoxy) is 1. The number of fused-ring (bicyclic) bond motifs is 2. The highest BCUT2D eigenvalue weighted by atomic mass is 35.5. The molecule has 1 fully saturated rings. The molecule has 0 aliphatic carbocycles. The van der Waals surface area contributed by atoms with Crippen LogP contribution in [0, 0.1) is 0 Å². The number of rotatable bonds is 4. The Hall–Kier alpha value is -3.22. The predicted octanol–water partition coefficient (Wildman–Crippen LogP) is 4.01. The van der Waals surface area contributed by atoms with Crippen LogP contribution in [0.3, 0.4) is 0 Å². The van der Waals surface area contributed by atoms with Gasteiger partial charge in [0.05, 0.1) is 31.9 Å². The van der Waals surface area contributed by atoms with Crippen LogP contribution in [0.2, 0.25) is 5.02 Å². The first-order chi connectivity index (χ1) is 16.6. The van der Waals surface area contributed by atoms with E-state index >= 15 is 0 Å². The van der Waals surface area contributed by atoms with Gasteiger partial charge in [0.2, 0.25) is 5.91 Å². The first-order valence-electron chi connectivity index (χ1n) is 11.6. The second-order valence-electron chi connectivity index (χ2n) is 9.00. The van der Waals surface area contributed by atoms with E-state index in [-0.39, 0.29) is 5.91 Å². The van der Waals surface area contributed by atoms with Crippen molar-refractivity contribution >= 4 is 29.0 Å². The zero-order chi connectivity index (χ0) is 23.1. The van der Waals surface area contributed by atoms with Crippen LogP contribution in [0.5, 0.6) is 0 Å². The summed E-state index contributed by atoms with van der Waals surface area (Å²) in [6, 6.07) is 16.3. The van der Waals surface area contributed by atoms with E-state index in [1.165, 1.54) is 11.1 Å². The molecule has 0 radical (unpaired) electrons. The van der Waals surface area contributed by atoms with Gasteiger partial charge in [0.25, 0.3) is 0 Å². The van der Waals surface area contributed by atoms with Crippen LogP contribution in [0.25, 0.3) is 0 Å². The number of morpholine rings is 1. The van der Waals surface area contributed by atoms with Crippen molar-refractivity contribution in [3.05, 3.63) is 93.1 Å². The molecule has 1 amide bonds. The van der Waals surface area contributed by atoms with Gasteiger partial charge in [0.15, 0.2) is 0 Å². The number of aromatic nitrogens is 1. The van der Waals surface area contributed by atoms with E-state index in [1.54, 1.807) is 0 Å². The van der Waals surface area contributed by atoms with Crippen molar-refractivity contribution < 1.29 is 9.53 Å². The van der Waals surface area contributed by atoms with E-state index in [1.807, 2.05) is 35.4 Å². The van der Waals surface area contributed by atoms with E-state index in [2.05, 4.69) is 29.2 Å². The zero-order valence-electron chi connectivity index (χ0n) is 18.8. The van der Waals surface area contributed by atoms with Gasteiger partial charge in [-0.15, -0.1) is 0 Å². The largest absolute Gasteiger partial charge is 0.378 e. The molecule has 0 spiro atoms. The van der Waals surface area contributed by atoms with Crippen molar-refractivity contribution in [2.75, 3.05) is 31.2 Å². The van der Waals surface area contributed by atoms with Gasteiger partial charge < -0.3 is 14.5 Å². The topological polar surface area (TPSA) is 58.0 Å². The molecular formula is C27H25ClN4O2. The Bertz CT molecular complexity index is 1280. The van der Waals surface area contributed by atoms with Gasteiger partial charge in [-0.1, -0.05) is 29.8 Å². The maximum atomic E-state index is 12.8. The molecule has 3 aliphatic heterocycles. The van der Waals surface area contributed by atoms with Crippen LogP contribution in [0.4, 0.5) is 5.82 Å². The standard InChI is InChI=1S/C27H25ClN4O2/c28-23-3-1-2-18(10-23)16-32-17-22-12-24-21(11-20(22)13-26(32)33)15-30-27(24)19-4-5-25(29-14-19)31-6-8-34-9-7-31/h1-5,10-12,14H,6-9,13,15-17H2. The molecule has 0 saturated carbocycles. The number of halogens is 1. The molecule has 172 valence electrons. The summed E-state index contributed by atoms with van der Waals surface area (Å²) >= 11 is 6.14. The third-order valence-corrected chi connectivity index (χ3v) is 7.00. The Morgan fingerprint density at radius 1 is 1.00 bits per heavy atom. The van der Waals surface area contributed by atoms with Crippen molar-refractivity contribution in [1.29, 1.82) is 0 Å². The van der Waals surface area contributed by atoms with Crippen LogP contribution in [-0.2, 0) is 35.6 Å². The Balaban J connectivity index is 1.24. The molecule has 0 N–H and O–H groups in total. The van der Waals surface area contributed by atoms with Gasteiger partial charge in [-0.25, -0.2) is 4.98 Å². The summed E-state index contributed by atoms with van der Waals surface area (Å²) in [6.07, 6.45) is 2.35. The number of hydrogen-bond donors (Lipinski definition) is 0. The quantitative estimate of drug-likeness (QED) is 0.575. The lowest BCUT2D eigenvalue weighted by Crippen LogP contribution is -2.36. The fourth-order valence-electron chi connectivity index (χ4n) is 4.97. The number of carbonyl (C=O) groups is 1. The highest BCUT2D eigenvalue weighted by molar-refractivity contribution is 6.30. The highest BCUT2D eigenvalue weighted by Crippen LogP contribution is 2.31. The van der Waals surface area contributed by atoms with Gasteiger partial charge >= 0.3 is 0 Å². The number of carbonyl (C=O) groups excluding carboxylic acids is 1. The number of hydrogen-bond acceptors (Lipinski definition) is 5. The fourth-order valence-corrected chi connectivity index (χ4v) is 5.19. The van der Waals surface area contributed by atoms with Gasteiger partial charge in [0, 0.05) is 48.5 Å². The molecule has 3 aromatic rings. The van der Waals surface area contributed by atoms with Crippen molar-refractivity contribution in [3.63, 3.8) is 0 Å². The first-order valence-corrected chi connectivity index (χ1v) is 12.0. The molecule has 1 saturated heterocycles. The number of pyridine rings is 1. The number of nitrogens with zero attached hydrogens (tertiary/aromatic N) is 4. The SMILES string of the molecule is O=C1Cc2cc3c(cc2CN1Cc1cccc(Cl)c1)C(c1ccc(N2CCOCC2)nc1)=NC3. The third-order valence-electron chi connectivity index (χ3n) is 6.76. The van der Waals surface area contributed by atoms with Crippen molar-refractivity contribution in [1.82, 2.24) is 9.88 Å². The average Bonchev–Trinajstić information content (AvgIpc) is 3.26. The van der Waals surface area contributed by atoms with Gasteiger partial charge in [-0.2, -0.15) is 0 Å². The van der Waals surface area contributed by atoms with Crippen LogP contribution in [-0.4, -0.2) is 47.8 Å². The molecule has 0 atom stereocenters. The minimum Gasteiger partial charge on any atom is -0.378 e. The Morgan fingerprint density at radius 2 is 1.88 bits per heavy atom. The van der Waals surface area contributed by atoms with E-state index in [0.717, 1.165) is 60.1 Å². The van der Waals surface area contributed by atoms with Gasteiger partial charge in [-0.3, -0.25) is 9.79 Å². The molecule has 4 heterocycles. The Kier molecular flexibility index (Phi) is 5.55. The zero-order valence-corrected chi connectivity index (χ0v) is 19.6. The minimum absolute atomic E-state index is 0.148. The molecule has 0 bridgehead atoms. The van der Waals surface area contributed by atoms with E-state index < -0.39 is 0 Å². The fraction of sp³-hybridized carbons (Fsp3) is 0.296. The van der Waals surface area contributed by atoms with Gasteiger partial charge in [0.1, 0.15) is 5.82 Å². The molecule has 7 heteroatoms. The monoisotopic (exact) mass is 472 g/mol. The lowest BCUT2D eigenvalue weighted by atomic mass is 9.91. The first kappa shape index (κ1) is 21.3. The molecule has 6 nitrogen and oxygen atoms in total. The van der Waals surface area contributed by atoms with E-state index in [9.17, 15) is 4.79 Å². The Morgan fingerprint density at radius 3 is 2.68 bits per heavy atom. The molecule has 0 unspecified atom stereocenters. The summed E-state index contributed by atoms with van der Waals surface area (Å²) in [7, 11) is 0. The molecular weight excluding hydrogens is 448 g/mol. The van der Waals surface area contributed by atoms with E-state index in [4.69, 9.17) is 26.3 Å². The smallest absolute Gasteiger partial charge is 0.227 e. The number of amides is 1. The second kappa shape index (κ2) is 8.85. The average molecular weight is 473 g/mol. The molecule has 3 aliphatic rings. The number of aliphatic imine (C=N–C) groups is 1. The van der Waals surface area contributed by atoms with Crippen LogP contribution in [0.15, 0.2) is 59.7 Å². The summed E-state index contributed by atoms with van der Waals surface area (Å²) < 4.78 is 5.44. The van der Waals surface area contributed by atoms with Crippen molar-refractivity contribution in [3.8, 4) is 0 Å². The summed E-state index contributed by atoms with van der Waals surface area (Å²) in [6.45, 7) is 5.01. The van der Waals surface area contributed by atoms with Crippen LogP contribution in [0.1, 0.15) is 33.4 Å². The van der Waals surface area contributed by atoms with E-state index in [0.29, 0.717) is 31.1 Å². The summed E-state index contributed by atoms with van der Waals surface area (Å²) in [4.78, 5) is 26.5. The van der Waals surface area contributed by atoms with Crippen LogP contribution < -0.4 is 4.90 Å². The lowest BCUT2D eigenvalue weighted by molar-refractivity contribution is -0.132. The minimum atomic E-state index is 0.148. The Labute approximate surface area is 203 Å². The maximum Gasteiger partial charge on any atom is 0.227 e. The molecule has 6 rings (SSSR count). The molecule has 34 heavy (non-hydrogen) atoms. The van der Waals surface area contributed by atoms with Gasteiger partial charge in [-0.05, 0) is 52.6 Å². The molecule has 1 aromatic heterocycles. The summed E-state index contributed by atoms with van der Waals surface area (Å²) in [5.74, 6) is 1.13. The maximum absolute atomic E-state index is 12.8. The third kappa shape index (κ3) is 4.08. The number of benzene rings is 2. The summed E-state index contributed by atoms with van der Waals surface area (Å²) in [5.41, 5.74) is 7.68. The summed E-state index contributed by atoms with van der Waals surface area (Å²) in [5, 5.41) is 0.689. The van der Waals surface area contributed by atoms with Crippen LogP contribution >= 0.6 is 11.6 Å². The lowest BCUT2D eigenvalue weighted by Gasteiger charge is -2.29. The number of anilines is 1. The normalized spacial score (nSPS) is 17.4. The molecule has 2 aromatic carbocycles.